The van der Waals surface area contributed by atoms with E-state index in [9.17, 15) is 15.0 Å². The molecule has 198 valence electrons. The first kappa shape index (κ1) is 26.8. The predicted molar refractivity (Wildman–Crippen MR) is 131 cm³/mol. The van der Waals surface area contributed by atoms with Gasteiger partial charge in [0.2, 0.25) is 0 Å². The predicted octanol–water partition coefficient (Wildman–Crippen LogP) is 4.12. The summed E-state index contributed by atoms with van der Waals surface area (Å²) in [5, 5.41) is 20.9. The Bertz CT molecular complexity index is 807. The molecule has 2 bridgehead atoms. The summed E-state index contributed by atoms with van der Waals surface area (Å²) >= 11 is 0. The highest BCUT2D eigenvalue weighted by Crippen LogP contribution is 2.46. The minimum Gasteiger partial charge on any atom is -0.457 e. The number of rotatable bonds is 7. The highest BCUT2D eigenvalue weighted by Gasteiger charge is 2.50. The maximum Gasteiger partial charge on any atom is 0.303 e. The lowest BCUT2D eigenvalue weighted by atomic mass is 9.63. The third-order valence-electron chi connectivity index (χ3n) is 8.73. The van der Waals surface area contributed by atoms with Crippen LogP contribution < -0.4 is 0 Å². The van der Waals surface area contributed by atoms with E-state index >= 15 is 0 Å². The minimum atomic E-state index is -1.31. The normalized spacial score (nSPS) is 41.1. The van der Waals surface area contributed by atoms with E-state index in [0.717, 1.165) is 19.3 Å². The van der Waals surface area contributed by atoms with Crippen LogP contribution in [0.15, 0.2) is 23.3 Å². The Morgan fingerprint density at radius 3 is 2.63 bits per heavy atom. The zero-order valence-corrected chi connectivity index (χ0v) is 21.9. The van der Waals surface area contributed by atoms with Crippen molar-refractivity contribution in [3.05, 3.63) is 23.3 Å². The van der Waals surface area contributed by atoms with E-state index in [0.29, 0.717) is 23.7 Å². The summed E-state index contributed by atoms with van der Waals surface area (Å²) < 4.78 is 22.9. The Kier molecular flexibility index (Phi) is 8.75. The van der Waals surface area contributed by atoms with E-state index < -0.39 is 43.0 Å². The molecule has 7 nitrogen and oxygen atoms in total. The maximum atomic E-state index is 11.4. The molecular formula is C28H44O7. The molecule has 11 atom stereocenters. The van der Waals surface area contributed by atoms with Gasteiger partial charge in [0, 0.05) is 12.8 Å². The van der Waals surface area contributed by atoms with Crippen molar-refractivity contribution in [1.82, 2.24) is 0 Å². The Balaban J connectivity index is 1.30. The number of fused-ring (bicyclic) bond motifs is 3. The highest BCUT2D eigenvalue weighted by molar-refractivity contribution is 5.66. The van der Waals surface area contributed by atoms with Crippen molar-refractivity contribution >= 4 is 5.97 Å². The number of carbonyl (C=O) groups excluding carboxylic acids is 1. The van der Waals surface area contributed by atoms with Crippen LogP contribution in [0.4, 0.5) is 0 Å². The molecule has 2 aliphatic heterocycles. The highest BCUT2D eigenvalue weighted by atomic mass is 16.8. The average Bonchev–Trinajstić information content (AvgIpc) is 3.02. The molecule has 2 aliphatic carbocycles. The molecule has 2 saturated heterocycles. The van der Waals surface area contributed by atoms with Gasteiger partial charge in [0.1, 0.15) is 18.3 Å². The van der Waals surface area contributed by atoms with Crippen LogP contribution in [0.25, 0.3) is 0 Å². The Hall–Kier alpha value is -1.25. The maximum absolute atomic E-state index is 11.4. The van der Waals surface area contributed by atoms with E-state index in [-0.39, 0.29) is 12.5 Å². The number of carbonyl (C=O) groups is 1. The van der Waals surface area contributed by atoms with Crippen LogP contribution in [-0.4, -0.2) is 59.8 Å². The lowest BCUT2D eigenvalue weighted by Crippen LogP contribution is -2.59. The number of aliphatic hydroxyl groups excluding tert-OH is 2. The second kappa shape index (κ2) is 11.4. The van der Waals surface area contributed by atoms with Gasteiger partial charge in [0.15, 0.2) is 18.7 Å². The summed E-state index contributed by atoms with van der Waals surface area (Å²) in [4.78, 5) is 11.4. The first-order valence-electron chi connectivity index (χ1n) is 13.5. The number of esters is 1. The minimum absolute atomic E-state index is 0.0970. The van der Waals surface area contributed by atoms with Gasteiger partial charge in [-0.05, 0) is 63.2 Å². The van der Waals surface area contributed by atoms with Gasteiger partial charge < -0.3 is 29.2 Å². The molecule has 2 N–H and O–H groups in total. The van der Waals surface area contributed by atoms with Crippen molar-refractivity contribution < 1.29 is 34.0 Å². The van der Waals surface area contributed by atoms with Crippen molar-refractivity contribution in [3.63, 3.8) is 0 Å². The van der Waals surface area contributed by atoms with Gasteiger partial charge >= 0.3 is 5.97 Å². The molecule has 35 heavy (non-hydrogen) atoms. The number of hydrogen-bond acceptors (Lipinski definition) is 7. The SMILES string of the molecule is CC(=O)OC1C2COC(C(C)CCCC(C)C3CC=C(C)C4CCC(C)=CC43)OC(O2)C(O)C1O. The van der Waals surface area contributed by atoms with Crippen LogP contribution in [0.5, 0.6) is 0 Å². The fourth-order valence-electron chi connectivity index (χ4n) is 6.56. The van der Waals surface area contributed by atoms with Gasteiger partial charge in [0.25, 0.3) is 0 Å². The Morgan fingerprint density at radius 2 is 1.89 bits per heavy atom. The van der Waals surface area contributed by atoms with Gasteiger partial charge in [-0.15, -0.1) is 0 Å². The molecule has 4 rings (SSSR count). The van der Waals surface area contributed by atoms with Crippen LogP contribution in [0.1, 0.15) is 73.1 Å². The van der Waals surface area contributed by atoms with Gasteiger partial charge in [-0.1, -0.05) is 50.0 Å². The Morgan fingerprint density at radius 1 is 1.14 bits per heavy atom. The monoisotopic (exact) mass is 492 g/mol. The fourth-order valence-corrected chi connectivity index (χ4v) is 6.56. The molecule has 7 heteroatoms. The van der Waals surface area contributed by atoms with Crippen LogP contribution >= 0.6 is 0 Å². The van der Waals surface area contributed by atoms with E-state index in [4.69, 9.17) is 18.9 Å². The zero-order valence-electron chi connectivity index (χ0n) is 21.9. The molecule has 0 spiro atoms. The molecule has 2 fully saturated rings. The summed E-state index contributed by atoms with van der Waals surface area (Å²) in [6.07, 6.45) is 6.08. The molecule has 11 unspecified atom stereocenters. The average molecular weight is 493 g/mol. The van der Waals surface area contributed by atoms with E-state index in [1.165, 1.54) is 26.2 Å². The Labute approximate surface area is 209 Å². The molecular weight excluding hydrogens is 448 g/mol. The lowest BCUT2D eigenvalue weighted by molar-refractivity contribution is -0.306. The summed E-state index contributed by atoms with van der Waals surface area (Å²) in [6, 6.07) is 0. The van der Waals surface area contributed by atoms with Gasteiger partial charge in [-0.25, -0.2) is 0 Å². The number of aliphatic hydroxyl groups is 2. The second-order valence-electron chi connectivity index (χ2n) is 11.4. The third-order valence-corrected chi connectivity index (χ3v) is 8.73. The van der Waals surface area contributed by atoms with Gasteiger partial charge in [-0.3, -0.25) is 4.79 Å². The molecule has 0 saturated carbocycles. The molecule has 0 aromatic rings. The van der Waals surface area contributed by atoms with Crippen LogP contribution in [0, 0.1) is 29.6 Å². The standard InChI is InChI=1S/C28H44O7/c1-15-9-11-20-17(3)10-12-21(22(20)13-15)16(2)7-6-8-18(4)27-32-14-23-26(33-19(5)29)24(30)25(31)28(34-23)35-27/h10,13,16,18,20-28,30-31H,6-9,11-12,14H2,1-5H3. The largest absolute Gasteiger partial charge is 0.457 e. The van der Waals surface area contributed by atoms with Crippen molar-refractivity contribution in [3.8, 4) is 0 Å². The molecule has 4 aliphatic rings. The second-order valence-corrected chi connectivity index (χ2v) is 11.4. The number of allylic oxidation sites excluding steroid dienone is 4. The van der Waals surface area contributed by atoms with Gasteiger partial charge in [-0.2, -0.15) is 0 Å². The first-order valence-corrected chi connectivity index (χ1v) is 13.5. The van der Waals surface area contributed by atoms with Gasteiger partial charge in [0.05, 0.1) is 6.61 Å². The summed E-state index contributed by atoms with van der Waals surface area (Å²) in [7, 11) is 0. The van der Waals surface area contributed by atoms with E-state index in [1.807, 2.05) is 0 Å². The molecule has 0 aromatic carbocycles. The summed E-state index contributed by atoms with van der Waals surface area (Å²) in [6.45, 7) is 10.5. The summed E-state index contributed by atoms with van der Waals surface area (Å²) in [5.41, 5.74) is 3.12. The van der Waals surface area contributed by atoms with E-state index in [1.54, 1.807) is 11.1 Å². The van der Waals surface area contributed by atoms with E-state index in [2.05, 4.69) is 39.8 Å². The smallest absolute Gasteiger partial charge is 0.303 e. The van der Waals surface area contributed by atoms with Crippen molar-refractivity contribution in [2.75, 3.05) is 6.61 Å². The van der Waals surface area contributed by atoms with Crippen molar-refractivity contribution in [2.45, 2.75) is 110 Å². The van der Waals surface area contributed by atoms with Crippen molar-refractivity contribution in [2.24, 2.45) is 29.6 Å². The first-order chi connectivity index (χ1) is 16.7. The number of hydrogen-bond donors (Lipinski definition) is 2. The lowest BCUT2D eigenvalue weighted by Gasteiger charge is -2.42. The molecule has 2 heterocycles. The third kappa shape index (κ3) is 6.02. The topological polar surface area (TPSA) is 94.5 Å². The van der Waals surface area contributed by atoms with Crippen LogP contribution in [0.2, 0.25) is 0 Å². The van der Waals surface area contributed by atoms with Crippen molar-refractivity contribution in [1.29, 1.82) is 0 Å². The van der Waals surface area contributed by atoms with Crippen LogP contribution in [0.3, 0.4) is 0 Å². The summed E-state index contributed by atoms with van der Waals surface area (Å²) in [5.74, 6) is 2.28. The molecule has 0 amide bonds. The van der Waals surface area contributed by atoms with Crippen LogP contribution in [-0.2, 0) is 23.7 Å². The molecule has 0 aromatic heterocycles. The zero-order chi connectivity index (χ0) is 25.3. The number of ether oxygens (including phenoxy) is 4. The quantitative estimate of drug-likeness (QED) is 0.408. The fraction of sp³-hybridized carbons (Fsp3) is 0.821. The molecule has 0 radical (unpaired) electrons.